The molecule has 0 bridgehead atoms. The van der Waals surface area contributed by atoms with E-state index in [1.807, 2.05) is 0 Å². The van der Waals surface area contributed by atoms with Crippen molar-refractivity contribution < 1.29 is 21.6 Å². The summed E-state index contributed by atoms with van der Waals surface area (Å²) < 4.78 is 25.3. The summed E-state index contributed by atoms with van der Waals surface area (Å²) in [6, 6.07) is 8.62. The summed E-state index contributed by atoms with van der Waals surface area (Å²) in [4.78, 5) is 10.6. The predicted octanol–water partition coefficient (Wildman–Crippen LogP) is -0.830. The zero-order valence-corrected chi connectivity index (χ0v) is 10.2. The van der Waals surface area contributed by atoms with Crippen LogP contribution in [0.25, 0.3) is 0 Å². The van der Waals surface area contributed by atoms with Gasteiger partial charge in [-0.15, -0.1) is 0 Å². The Kier molecular flexibility index (Phi) is 4.76. The quantitative estimate of drug-likeness (QED) is 0.486. The maximum atomic E-state index is 11.5. The van der Waals surface area contributed by atoms with Gasteiger partial charge in [0.05, 0.1) is 0 Å². The first-order chi connectivity index (χ1) is 7.53. The zero-order valence-electron chi connectivity index (χ0n) is 8.37. The van der Waals surface area contributed by atoms with E-state index in [4.69, 9.17) is 5.11 Å². The molecule has 1 aromatic rings. The average Bonchev–Trinajstić information content (AvgIpc) is 2.27. The molecule has 0 aliphatic carbocycles. The summed E-state index contributed by atoms with van der Waals surface area (Å²) in [6.45, 7) is -0.791. The average molecular weight is 289 g/mol. The molecular formula is C9H12AsNO5. The number of hydrogen-bond donors (Lipinski definition) is 3. The molecule has 16 heavy (non-hydrogen) atoms. The van der Waals surface area contributed by atoms with Crippen LogP contribution >= 0.6 is 0 Å². The number of amides is 1. The van der Waals surface area contributed by atoms with Gasteiger partial charge < -0.3 is 0 Å². The third-order valence-corrected chi connectivity index (χ3v) is 4.07. The SMILES string of the molecule is O=C(CO)NO[As](=O)(O)Cc1ccccc1. The van der Waals surface area contributed by atoms with Crippen LogP contribution in [0.3, 0.4) is 0 Å². The summed E-state index contributed by atoms with van der Waals surface area (Å²) in [5.74, 6) is -0.858. The first-order valence-electron chi connectivity index (χ1n) is 4.47. The monoisotopic (exact) mass is 289 g/mol. The van der Waals surface area contributed by atoms with Gasteiger partial charge in [-0.05, 0) is 0 Å². The van der Waals surface area contributed by atoms with Crippen molar-refractivity contribution in [1.82, 2.24) is 5.48 Å². The Morgan fingerprint density at radius 1 is 1.38 bits per heavy atom. The van der Waals surface area contributed by atoms with Crippen LogP contribution in [0.4, 0.5) is 0 Å². The molecular weight excluding hydrogens is 277 g/mol. The number of rotatable bonds is 5. The van der Waals surface area contributed by atoms with Crippen LogP contribution in [0.2, 0.25) is 0 Å². The molecule has 0 heterocycles. The van der Waals surface area contributed by atoms with Gasteiger partial charge in [-0.1, -0.05) is 0 Å². The molecule has 0 fully saturated rings. The van der Waals surface area contributed by atoms with Gasteiger partial charge in [0, 0.05) is 0 Å². The van der Waals surface area contributed by atoms with Gasteiger partial charge in [0.25, 0.3) is 0 Å². The first-order valence-corrected chi connectivity index (χ1v) is 8.17. The van der Waals surface area contributed by atoms with Gasteiger partial charge in [-0.2, -0.15) is 0 Å². The van der Waals surface area contributed by atoms with Crippen molar-refractivity contribution in [1.29, 1.82) is 0 Å². The summed E-state index contributed by atoms with van der Waals surface area (Å²) in [5, 5.41) is 8.22. The van der Waals surface area contributed by atoms with E-state index >= 15 is 0 Å². The number of aliphatic hydroxyl groups excluding tert-OH is 1. The number of hydroxylamine groups is 1. The molecule has 88 valence electrons. The number of carbonyl (C=O) groups is 1. The topological polar surface area (TPSA) is 95.9 Å². The second kappa shape index (κ2) is 5.86. The van der Waals surface area contributed by atoms with Gasteiger partial charge in [-0.25, -0.2) is 0 Å². The van der Waals surface area contributed by atoms with Crippen LogP contribution in [0, 0.1) is 0 Å². The molecule has 1 atom stereocenters. The molecule has 1 amide bonds. The van der Waals surface area contributed by atoms with Crippen LogP contribution < -0.4 is 5.48 Å². The minimum atomic E-state index is -4.56. The van der Waals surface area contributed by atoms with E-state index in [9.17, 15) is 12.6 Å². The molecule has 0 aliphatic heterocycles. The zero-order chi connectivity index (χ0) is 12.0. The fourth-order valence-electron chi connectivity index (χ4n) is 1.00. The van der Waals surface area contributed by atoms with Gasteiger partial charge in [0.1, 0.15) is 0 Å². The molecule has 0 saturated heterocycles. The Morgan fingerprint density at radius 3 is 2.56 bits per heavy atom. The van der Waals surface area contributed by atoms with E-state index in [0.717, 1.165) is 0 Å². The van der Waals surface area contributed by atoms with Crippen molar-refractivity contribution in [2.45, 2.75) is 5.21 Å². The fourth-order valence-corrected chi connectivity index (χ4v) is 3.06. The summed E-state index contributed by atoms with van der Waals surface area (Å²) in [6.07, 6.45) is 0. The molecule has 0 aromatic heterocycles. The van der Waals surface area contributed by atoms with Gasteiger partial charge in [0.15, 0.2) is 0 Å². The van der Waals surface area contributed by atoms with E-state index < -0.39 is 26.7 Å². The Hall–Kier alpha value is -1.07. The molecule has 7 heteroatoms. The first kappa shape index (κ1) is 13.0. The van der Waals surface area contributed by atoms with Crippen LogP contribution in [0.1, 0.15) is 5.56 Å². The van der Waals surface area contributed by atoms with E-state index in [2.05, 4.69) is 3.83 Å². The van der Waals surface area contributed by atoms with E-state index in [-0.39, 0.29) is 5.21 Å². The summed E-state index contributed by atoms with van der Waals surface area (Å²) in [7, 11) is 0. The van der Waals surface area contributed by atoms with Crippen molar-refractivity contribution in [3.8, 4) is 0 Å². The van der Waals surface area contributed by atoms with Crippen LogP contribution in [0.5, 0.6) is 0 Å². The Labute approximate surface area is 95.2 Å². The number of benzene rings is 1. The number of carbonyl (C=O) groups excluding carboxylic acids is 1. The Bertz CT molecular complexity index is 394. The number of aliphatic hydroxyl groups is 1. The molecule has 0 radical (unpaired) electrons. The summed E-state index contributed by atoms with van der Waals surface area (Å²) in [5.41, 5.74) is 2.36. The molecule has 0 spiro atoms. The van der Waals surface area contributed by atoms with Gasteiger partial charge in [-0.3, -0.25) is 0 Å². The van der Waals surface area contributed by atoms with Crippen LogP contribution in [-0.2, 0) is 17.6 Å². The molecule has 0 saturated carbocycles. The van der Waals surface area contributed by atoms with Crippen molar-refractivity contribution in [3.63, 3.8) is 0 Å². The third-order valence-electron chi connectivity index (χ3n) is 1.67. The molecule has 3 N–H and O–H groups in total. The standard InChI is InChI=1S/C9H12AsNO5/c12-7-9(13)11-16-10(14,15)6-8-4-2-1-3-5-8/h1-5,12H,6-7H2,(H,11,13)(H,14,15). The molecule has 6 nitrogen and oxygen atoms in total. The second-order valence-corrected chi connectivity index (χ2v) is 6.78. The molecule has 1 rings (SSSR count). The number of hydrogen-bond acceptors (Lipinski definition) is 4. The Morgan fingerprint density at radius 2 is 2.00 bits per heavy atom. The van der Waals surface area contributed by atoms with Crippen molar-refractivity contribution >= 4 is 20.1 Å². The van der Waals surface area contributed by atoms with Gasteiger partial charge >= 0.3 is 94.8 Å². The van der Waals surface area contributed by atoms with Gasteiger partial charge in [0.2, 0.25) is 0 Å². The maximum absolute atomic E-state index is 11.5. The molecule has 1 aromatic carbocycles. The fraction of sp³-hybridized carbons (Fsp3) is 0.222. The van der Waals surface area contributed by atoms with E-state index in [1.54, 1.807) is 35.8 Å². The molecule has 1 unspecified atom stereocenters. The van der Waals surface area contributed by atoms with Crippen LogP contribution in [0.15, 0.2) is 30.3 Å². The normalized spacial score (nSPS) is 14.1. The second-order valence-electron chi connectivity index (χ2n) is 3.06. The minimum absolute atomic E-state index is 0.148. The number of nitrogens with one attached hydrogen (secondary N) is 1. The van der Waals surface area contributed by atoms with E-state index in [1.165, 1.54) is 0 Å². The van der Waals surface area contributed by atoms with Crippen molar-refractivity contribution in [2.75, 3.05) is 6.61 Å². The third kappa shape index (κ3) is 4.63. The van der Waals surface area contributed by atoms with Crippen LogP contribution in [-0.4, -0.2) is 35.9 Å². The van der Waals surface area contributed by atoms with Crippen molar-refractivity contribution in [3.05, 3.63) is 35.9 Å². The Balaban J connectivity index is 2.52. The predicted molar refractivity (Wildman–Crippen MR) is 55.1 cm³/mol. The van der Waals surface area contributed by atoms with Crippen molar-refractivity contribution in [2.24, 2.45) is 0 Å². The van der Waals surface area contributed by atoms with E-state index in [0.29, 0.717) is 5.56 Å². The molecule has 0 aliphatic rings. The summed E-state index contributed by atoms with van der Waals surface area (Å²) >= 11 is -4.56.